The number of imidazole rings is 1. The standard InChI is InChI=1S/C19H16N4OS2/c1-25-19-22-16-7-6-15(10-17(16)26-19)21-18(24)14-4-2-13(3-5-14)11-23-9-8-20-12-23/h2-10,12H,11H2,1H3,(H,21,24). The summed E-state index contributed by atoms with van der Waals surface area (Å²) in [5.41, 5.74) is 3.49. The molecule has 0 atom stereocenters. The van der Waals surface area contributed by atoms with Crippen LogP contribution in [0.2, 0.25) is 0 Å². The van der Waals surface area contributed by atoms with Gasteiger partial charge in [0.25, 0.3) is 5.91 Å². The molecule has 4 aromatic rings. The second-order valence-corrected chi connectivity index (χ2v) is 7.84. The Morgan fingerprint density at radius 1 is 1.23 bits per heavy atom. The Labute approximate surface area is 159 Å². The molecule has 26 heavy (non-hydrogen) atoms. The van der Waals surface area contributed by atoms with Crippen molar-refractivity contribution in [1.29, 1.82) is 0 Å². The van der Waals surface area contributed by atoms with E-state index in [0.29, 0.717) is 5.56 Å². The molecule has 0 saturated carbocycles. The molecule has 0 unspecified atom stereocenters. The summed E-state index contributed by atoms with van der Waals surface area (Å²) < 4.78 is 4.09. The second kappa shape index (κ2) is 7.31. The zero-order chi connectivity index (χ0) is 17.9. The van der Waals surface area contributed by atoms with Crippen LogP contribution in [0.15, 0.2) is 65.5 Å². The molecule has 1 amide bonds. The number of rotatable bonds is 5. The topological polar surface area (TPSA) is 59.8 Å². The van der Waals surface area contributed by atoms with E-state index in [9.17, 15) is 4.79 Å². The van der Waals surface area contributed by atoms with Gasteiger partial charge >= 0.3 is 0 Å². The average Bonchev–Trinajstić information content (AvgIpc) is 3.31. The van der Waals surface area contributed by atoms with Crippen molar-refractivity contribution in [2.24, 2.45) is 0 Å². The number of nitrogens with one attached hydrogen (secondary N) is 1. The summed E-state index contributed by atoms with van der Waals surface area (Å²) in [4.78, 5) is 21.0. The molecule has 7 heteroatoms. The van der Waals surface area contributed by atoms with E-state index < -0.39 is 0 Å². The highest BCUT2D eigenvalue weighted by atomic mass is 32.2. The Balaban J connectivity index is 1.47. The smallest absolute Gasteiger partial charge is 0.255 e. The zero-order valence-corrected chi connectivity index (χ0v) is 15.7. The van der Waals surface area contributed by atoms with Gasteiger partial charge < -0.3 is 9.88 Å². The molecule has 2 aromatic heterocycles. The van der Waals surface area contributed by atoms with Crippen LogP contribution in [-0.4, -0.2) is 26.7 Å². The van der Waals surface area contributed by atoms with Crippen LogP contribution in [0, 0.1) is 0 Å². The van der Waals surface area contributed by atoms with Crippen LogP contribution in [0.5, 0.6) is 0 Å². The molecule has 0 radical (unpaired) electrons. The first-order valence-electron chi connectivity index (χ1n) is 8.02. The molecule has 4 rings (SSSR count). The molecule has 130 valence electrons. The molecule has 0 aliphatic rings. The van der Waals surface area contributed by atoms with Gasteiger partial charge in [0.05, 0.1) is 16.5 Å². The summed E-state index contributed by atoms with van der Waals surface area (Å²) in [5, 5.41) is 2.96. The van der Waals surface area contributed by atoms with Crippen molar-refractivity contribution in [3.63, 3.8) is 0 Å². The number of benzene rings is 2. The van der Waals surface area contributed by atoms with Crippen LogP contribution in [-0.2, 0) is 6.54 Å². The molecule has 0 spiro atoms. The van der Waals surface area contributed by atoms with Crippen molar-refractivity contribution in [3.8, 4) is 0 Å². The van der Waals surface area contributed by atoms with E-state index in [2.05, 4.69) is 15.3 Å². The first kappa shape index (κ1) is 16.8. The first-order chi connectivity index (χ1) is 12.7. The number of aromatic nitrogens is 3. The van der Waals surface area contributed by atoms with Gasteiger partial charge in [-0.05, 0) is 42.2 Å². The molecule has 0 aliphatic carbocycles. The third-order valence-corrected chi connectivity index (χ3v) is 5.95. The highest BCUT2D eigenvalue weighted by Gasteiger charge is 2.09. The number of anilines is 1. The first-order valence-corrected chi connectivity index (χ1v) is 10.1. The molecule has 2 aromatic carbocycles. The predicted octanol–water partition coefficient (Wildman–Crippen LogP) is 4.52. The molecule has 1 N–H and O–H groups in total. The lowest BCUT2D eigenvalue weighted by molar-refractivity contribution is 0.102. The summed E-state index contributed by atoms with van der Waals surface area (Å²) in [6.45, 7) is 0.738. The molecular weight excluding hydrogens is 364 g/mol. The Bertz CT molecular complexity index is 1040. The number of hydrogen-bond donors (Lipinski definition) is 1. The van der Waals surface area contributed by atoms with E-state index in [4.69, 9.17) is 0 Å². The van der Waals surface area contributed by atoms with Crippen molar-refractivity contribution in [1.82, 2.24) is 14.5 Å². The van der Waals surface area contributed by atoms with Gasteiger partial charge in [0, 0.05) is 30.2 Å². The lowest BCUT2D eigenvalue weighted by Gasteiger charge is -2.07. The predicted molar refractivity (Wildman–Crippen MR) is 107 cm³/mol. The van der Waals surface area contributed by atoms with Crippen LogP contribution < -0.4 is 5.32 Å². The lowest BCUT2D eigenvalue weighted by Crippen LogP contribution is -2.11. The Morgan fingerprint density at radius 3 is 2.81 bits per heavy atom. The zero-order valence-electron chi connectivity index (χ0n) is 14.0. The van der Waals surface area contributed by atoms with E-state index in [1.54, 1.807) is 35.6 Å². The minimum atomic E-state index is -0.117. The summed E-state index contributed by atoms with van der Waals surface area (Å²) >= 11 is 3.26. The van der Waals surface area contributed by atoms with Gasteiger partial charge in [-0.25, -0.2) is 9.97 Å². The van der Waals surface area contributed by atoms with E-state index >= 15 is 0 Å². The SMILES string of the molecule is CSc1nc2ccc(NC(=O)c3ccc(Cn4ccnc4)cc3)cc2s1. The van der Waals surface area contributed by atoms with E-state index in [1.165, 1.54) is 0 Å². The van der Waals surface area contributed by atoms with Crippen LogP contribution in [0.4, 0.5) is 5.69 Å². The van der Waals surface area contributed by atoms with Gasteiger partial charge in [-0.1, -0.05) is 23.9 Å². The summed E-state index contributed by atoms with van der Waals surface area (Å²) in [7, 11) is 0. The van der Waals surface area contributed by atoms with E-state index in [1.807, 2.05) is 59.5 Å². The Morgan fingerprint density at radius 2 is 2.08 bits per heavy atom. The number of carbonyl (C=O) groups is 1. The maximum Gasteiger partial charge on any atom is 0.255 e. The summed E-state index contributed by atoms with van der Waals surface area (Å²) in [5.74, 6) is -0.117. The molecule has 0 fully saturated rings. The summed E-state index contributed by atoms with van der Waals surface area (Å²) in [6.07, 6.45) is 7.46. The number of hydrogen-bond acceptors (Lipinski definition) is 5. The number of thioether (sulfide) groups is 1. The highest BCUT2D eigenvalue weighted by Crippen LogP contribution is 2.30. The van der Waals surface area contributed by atoms with E-state index in [-0.39, 0.29) is 5.91 Å². The maximum atomic E-state index is 12.5. The minimum Gasteiger partial charge on any atom is -0.333 e. The molecule has 5 nitrogen and oxygen atoms in total. The van der Waals surface area contributed by atoms with Gasteiger partial charge in [-0.2, -0.15) is 0 Å². The maximum absolute atomic E-state index is 12.5. The van der Waals surface area contributed by atoms with Crippen molar-refractivity contribution < 1.29 is 4.79 Å². The highest BCUT2D eigenvalue weighted by molar-refractivity contribution is 8.00. The third-order valence-electron chi connectivity index (χ3n) is 3.94. The van der Waals surface area contributed by atoms with Gasteiger partial charge in [0.1, 0.15) is 0 Å². The van der Waals surface area contributed by atoms with Crippen molar-refractivity contribution >= 4 is 44.9 Å². The van der Waals surface area contributed by atoms with Gasteiger partial charge in [0.15, 0.2) is 4.34 Å². The quantitative estimate of drug-likeness (QED) is 0.517. The van der Waals surface area contributed by atoms with Crippen LogP contribution in [0.25, 0.3) is 10.2 Å². The largest absolute Gasteiger partial charge is 0.333 e. The van der Waals surface area contributed by atoms with Crippen LogP contribution >= 0.6 is 23.1 Å². The number of fused-ring (bicyclic) bond motifs is 1. The fraction of sp³-hybridized carbons (Fsp3) is 0.105. The molecule has 2 heterocycles. The third kappa shape index (κ3) is 3.63. The van der Waals surface area contributed by atoms with E-state index in [0.717, 1.165) is 32.4 Å². The number of nitrogens with zero attached hydrogens (tertiary/aromatic N) is 3. The van der Waals surface area contributed by atoms with Gasteiger partial charge in [-0.15, -0.1) is 11.3 Å². The Kier molecular flexibility index (Phi) is 4.73. The molecular formula is C19H16N4OS2. The Hall–Kier alpha value is -2.64. The minimum absolute atomic E-state index is 0.117. The number of carbonyl (C=O) groups excluding carboxylic acids is 1. The van der Waals surface area contributed by atoms with Gasteiger partial charge in [-0.3, -0.25) is 4.79 Å². The van der Waals surface area contributed by atoms with Crippen molar-refractivity contribution in [2.45, 2.75) is 10.9 Å². The van der Waals surface area contributed by atoms with Crippen molar-refractivity contribution in [3.05, 3.63) is 72.3 Å². The van der Waals surface area contributed by atoms with Gasteiger partial charge in [0.2, 0.25) is 0 Å². The van der Waals surface area contributed by atoms with Crippen molar-refractivity contribution in [2.75, 3.05) is 11.6 Å². The second-order valence-electron chi connectivity index (χ2n) is 5.75. The molecule has 0 bridgehead atoms. The summed E-state index contributed by atoms with van der Waals surface area (Å²) in [6, 6.07) is 13.4. The van der Waals surface area contributed by atoms with Crippen LogP contribution in [0.3, 0.4) is 0 Å². The fourth-order valence-electron chi connectivity index (χ4n) is 2.62. The van der Waals surface area contributed by atoms with Crippen LogP contribution in [0.1, 0.15) is 15.9 Å². The lowest BCUT2D eigenvalue weighted by atomic mass is 10.1. The monoisotopic (exact) mass is 380 g/mol. The average molecular weight is 380 g/mol. The molecule has 0 saturated heterocycles. The molecule has 0 aliphatic heterocycles. The fourth-order valence-corrected chi connectivity index (χ4v) is 4.15. The number of amides is 1. The normalized spacial score (nSPS) is 11.0. The number of thiazole rings is 1.